The summed E-state index contributed by atoms with van der Waals surface area (Å²) in [5.41, 5.74) is 1.22. The molecule has 0 N–H and O–H groups in total. The van der Waals surface area contributed by atoms with Crippen LogP contribution in [-0.2, 0) is 0 Å². The number of hydrogen-bond acceptors (Lipinski definition) is 0. The maximum Gasteiger partial charge on any atom is -0.00296 e. The fraction of sp³-hybridized carbons (Fsp3) is 0.143. The molecule has 0 amide bonds. The van der Waals surface area contributed by atoms with Crippen LogP contribution in [0.25, 0.3) is 0 Å². The zero-order valence-electron chi connectivity index (χ0n) is 4.68. The molecule has 0 aromatic carbocycles. The molecular weight excluding hydrogens is 120 g/mol. The van der Waals surface area contributed by atoms with Crippen molar-refractivity contribution in [1.29, 1.82) is 0 Å². The lowest BCUT2D eigenvalue weighted by Crippen LogP contribution is -1.37. The van der Waals surface area contributed by atoms with Gasteiger partial charge < -0.3 is 0 Å². The lowest BCUT2D eigenvalue weighted by Gasteiger charge is -1.57. The highest BCUT2D eigenvalue weighted by molar-refractivity contribution is 6.25. The molecule has 0 aromatic heterocycles. The van der Waals surface area contributed by atoms with Crippen molar-refractivity contribution in [2.24, 2.45) is 0 Å². The van der Waals surface area contributed by atoms with Crippen molar-refractivity contribution in [2.45, 2.75) is 6.42 Å². The summed E-state index contributed by atoms with van der Waals surface area (Å²) in [4.78, 5) is 0. The first-order valence-electron chi connectivity index (χ1n) is 2.44. The van der Waals surface area contributed by atoms with E-state index in [1.165, 1.54) is 5.54 Å². The number of allylic oxidation sites excluding steroid dienone is 4. The van der Waals surface area contributed by atoms with E-state index in [1.807, 2.05) is 0 Å². The van der Waals surface area contributed by atoms with Gasteiger partial charge in [0.2, 0.25) is 0 Å². The summed E-state index contributed by atoms with van der Waals surface area (Å²) in [5.74, 6) is 0. The van der Waals surface area contributed by atoms with E-state index in [2.05, 4.69) is 30.9 Å². The van der Waals surface area contributed by atoms with Gasteiger partial charge >= 0.3 is 0 Å². The molecule has 0 aromatic rings. The molecule has 0 saturated heterocycles. The molecule has 1 rings (SSSR count). The molecule has 0 nitrogen and oxygen atoms in total. The quantitative estimate of drug-likeness (QED) is 0.471. The minimum atomic E-state index is 1.14. The first kappa shape index (κ1) is 7.51. The predicted molar refractivity (Wildman–Crippen MR) is 38.9 cm³/mol. The van der Waals surface area contributed by atoms with Crippen LogP contribution in [0.4, 0.5) is 0 Å². The molecule has 0 saturated carbocycles. The van der Waals surface area contributed by atoms with Crippen molar-refractivity contribution in [3.05, 3.63) is 36.4 Å². The van der Waals surface area contributed by atoms with Gasteiger partial charge in [0.05, 0.1) is 0 Å². The van der Waals surface area contributed by atoms with E-state index in [-0.39, 0.29) is 0 Å². The monoisotopic (exact) mass is 128 g/mol. The van der Waals surface area contributed by atoms with Gasteiger partial charge in [-0.1, -0.05) is 42.5 Å². The summed E-state index contributed by atoms with van der Waals surface area (Å²) in [7, 11) is 0. The Labute approximate surface area is 55.2 Å². The molecule has 0 bridgehead atoms. The minimum Gasteiger partial charge on any atom is -0.0936 e. The molecule has 0 atom stereocenters. The average molecular weight is 129 g/mol. The molecule has 1 heteroatoms. The summed E-state index contributed by atoms with van der Waals surface area (Å²) < 4.78 is 0. The highest BCUT2D eigenvalue weighted by Crippen LogP contribution is 1.93. The SMILES string of the molecule is C1=CCC=C1.C=CCl. The molecule has 0 radical (unpaired) electrons. The summed E-state index contributed by atoms with van der Waals surface area (Å²) in [6.45, 7) is 3.13. The second-order valence-electron chi connectivity index (χ2n) is 1.25. The molecule has 0 spiro atoms. The first-order valence-corrected chi connectivity index (χ1v) is 2.88. The molecule has 1 aliphatic rings. The standard InChI is InChI=1S/C5H6.C2H3Cl/c1-2-4-5-3-1;1-2-3/h1-4H,5H2;2H,1H2. The van der Waals surface area contributed by atoms with Crippen LogP contribution in [0.5, 0.6) is 0 Å². The Hall–Kier alpha value is -0.490. The normalized spacial score (nSPS) is 12.6. The molecule has 8 heavy (non-hydrogen) atoms. The number of hydrogen-bond donors (Lipinski definition) is 0. The van der Waals surface area contributed by atoms with Crippen molar-refractivity contribution in [1.82, 2.24) is 0 Å². The van der Waals surface area contributed by atoms with E-state index in [4.69, 9.17) is 11.6 Å². The molecular formula is C7H9Cl. The van der Waals surface area contributed by atoms with E-state index < -0.39 is 0 Å². The molecule has 44 valence electrons. The third-order valence-electron chi connectivity index (χ3n) is 0.655. The minimum absolute atomic E-state index is 1.14. The Bertz CT molecular complexity index is 91.0. The molecule has 1 aliphatic carbocycles. The van der Waals surface area contributed by atoms with Crippen LogP contribution in [0.3, 0.4) is 0 Å². The van der Waals surface area contributed by atoms with E-state index in [9.17, 15) is 0 Å². The number of rotatable bonds is 0. The number of halogens is 1. The molecule has 0 unspecified atom stereocenters. The third-order valence-corrected chi connectivity index (χ3v) is 0.655. The third kappa shape index (κ3) is 5.51. The van der Waals surface area contributed by atoms with Crippen LogP contribution < -0.4 is 0 Å². The second kappa shape index (κ2) is 6.51. The summed E-state index contributed by atoms with van der Waals surface area (Å²) in [6, 6.07) is 0. The van der Waals surface area contributed by atoms with Crippen LogP contribution >= 0.6 is 11.6 Å². The lowest BCUT2D eigenvalue weighted by atomic mass is 10.5. The highest BCUT2D eigenvalue weighted by Gasteiger charge is 1.72. The predicted octanol–water partition coefficient (Wildman–Crippen LogP) is 2.87. The van der Waals surface area contributed by atoms with Gasteiger partial charge in [-0.25, -0.2) is 0 Å². The Morgan fingerprint density at radius 3 is 1.88 bits per heavy atom. The van der Waals surface area contributed by atoms with Crippen molar-refractivity contribution in [3.63, 3.8) is 0 Å². The van der Waals surface area contributed by atoms with Gasteiger partial charge in [0, 0.05) is 0 Å². The maximum atomic E-state index is 4.76. The van der Waals surface area contributed by atoms with Gasteiger partial charge in [-0.05, 0) is 12.0 Å². The lowest BCUT2D eigenvalue weighted by molar-refractivity contribution is 1.45. The van der Waals surface area contributed by atoms with Crippen LogP contribution in [-0.4, -0.2) is 0 Å². The fourth-order valence-corrected chi connectivity index (χ4v) is 0.393. The second-order valence-corrected chi connectivity index (χ2v) is 1.55. The van der Waals surface area contributed by atoms with Crippen molar-refractivity contribution in [3.8, 4) is 0 Å². The van der Waals surface area contributed by atoms with Crippen LogP contribution in [0.2, 0.25) is 0 Å². The molecule has 0 aliphatic heterocycles. The Balaban J connectivity index is 0.000000145. The first-order chi connectivity index (χ1) is 3.91. The Morgan fingerprint density at radius 1 is 1.38 bits per heavy atom. The van der Waals surface area contributed by atoms with E-state index >= 15 is 0 Å². The average Bonchev–Trinajstić information content (AvgIpc) is 2.17. The summed E-state index contributed by atoms with van der Waals surface area (Å²) >= 11 is 4.76. The fourth-order valence-electron chi connectivity index (χ4n) is 0.393. The van der Waals surface area contributed by atoms with Gasteiger partial charge in [0.15, 0.2) is 0 Å². The van der Waals surface area contributed by atoms with Gasteiger partial charge in [0.1, 0.15) is 0 Å². The zero-order valence-corrected chi connectivity index (χ0v) is 5.43. The van der Waals surface area contributed by atoms with E-state index in [0.29, 0.717) is 0 Å². The van der Waals surface area contributed by atoms with Gasteiger partial charge in [-0.2, -0.15) is 0 Å². The van der Waals surface area contributed by atoms with Crippen molar-refractivity contribution >= 4 is 11.6 Å². The van der Waals surface area contributed by atoms with E-state index in [0.717, 1.165) is 6.42 Å². The summed E-state index contributed by atoms with van der Waals surface area (Å²) in [6.07, 6.45) is 9.50. The largest absolute Gasteiger partial charge is 0.0936 e. The molecule has 0 fully saturated rings. The van der Waals surface area contributed by atoms with Crippen LogP contribution in [0, 0.1) is 0 Å². The van der Waals surface area contributed by atoms with Crippen LogP contribution in [0.1, 0.15) is 6.42 Å². The maximum absolute atomic E-state index is 4.76. The van der Waals surface area contributed by atoms with Gasteiger partial charge in [-0.3, -0.25) is 0 Å². The van der Waals surface area contributed by atoms with Crippen molar-refractivity contribution in [2.75, 3.05) is 0 Å². The topological polar surface area (TPSA) is 0 Å². The van der Waals surface area contributed by atoms with E-state index in [1.54, 1.807) is 0 Å². The Kier molecular flexibility index (Phi) is 6.11. The smallest absolute Gasteiger partial charge is 0.00296 e. The van der Waals surface area contributed by atoms with Gasteiger partial charge in [0.25, 0.3) is 0 Å². The highest BCUT2D eigenvalue weighted by atomic mass is 35.5. The zero-order chi connectivity index (χ0) is 6.24. The summed E-state index contributed by atoms with van der Waals surface area (Å²) in [5, 5.41) is 0. The molecule has 0 heterocycles. The van der Waals surface area contributed by atoms with Crippen LogP contribution in [0.15, 0.2) is 36.4 Å². The Morgan fingerprint density at radius 2 is 1.75 bits per heavy atom. The van der Waals surface area contributed by atoms with Crippen molar-refractivity contribution < 1.29 is 0 Å². The van der Waals surface area contributed by atoms with Gasteiger partial charge in [-0.15, -0.1) is 0 Å².